The summed E-state index contributed by atoms with van der Waals surface area (Å²) in [6.07, 6.45) is 6.18. The van der Waals surface area contributed by atoms with Crippen LogP contribution >= 0.6 is 0 Å². The van der Waals surface area contributed by atoms with Crippen LogP contribution in [0.25, 0.3) is 0 Å². The maximum Gasteiger partial charge on any atom is 0.207 e. The Labute approximate surface area is 92.7 Å². The lowest BCUT2D eigenvalue weighted by Crippen LogP contribution is -2.11. The molecule has 16 heavy (non-hydrogen) atoms. The number of aromatic nitrogens is 5. The van der Waals surface area contributed by atoms with E-state index in [-0.39, 0.29) is 18.0 Å². The Balaban J connectivity index is 2.09. The second-order valence-electron chi connectivity index (χ2n) is 3.47. The number of H-pyrrole nitrogens is 1. The van der Waals surface area contributed by atoms with E-state index in [1.54, 1.807) is 6.20 Å². The van der Waals surface area contributed by atoms with Crippen molar-refractivity contribution in [2.75, 3.05) is 0 Å². The monoisotopic (exact) mass is 219 g/mol. The highest BCUT2D eigenvalue weighted by Gasteiger charge is 2.13. The Morgan fingerprint density at radius 3 is 3.06 bits per heavy atom. The average molecular weight is 219 g/mol. The van der Waals surface area contributed by atoms with Crippen LogP contribution in [-0.2, 0) is 13.0 Å². The summed E-state index contributed by atoms with van der Waals surface area (Å²) in [6.45, 7) is 2.96. The van der Waals surface area contributed by atoms with Crippen LogP contribution in [0.3, 0.4) is 0 Å². The highest BCUT2D eigenvalue weighted by atomic mass is 16.1. The molecule has 84 valence electrons. The topological polar surface area (TPSA) is 76.5 Å². The molecule has 0 saturated heterocycles. The highest BCUT2D eigenvalue weighted by molar-refractivity contribution is 5.93. The maximum absolute atomic E-state index is 11.7. The molecule has 1 N–H and O–H groups in total. The normalized spacial score (nSPS) is 10.6. The molecule has 0 fully saturated rings. The molecule has 0 aliphatic carbocycles. The van der Waals surface area contributed by atoms with Gasteiger partial charge in [-0.1, -0.05) is 6.92 Å². The van der Waals surface area contributed by atoms with Crippen molar-refractivity contribution in [1.82, 2.24) is 24.7 Å². The molecule has 0 atom stereocenters. The number of ketones is 1. The molecule has 0 aliphatic rings. The average Bonchev–Trinajstić information content (AvgIpc) is 2.90. The number of aromatic amines is 1. The molecular weight excluding hydrogens is 206 g/mol. The Morgan fingerprint density at radius 2 is 2.38 bits per heavy atom. The zero-order valence-electron chi connectivity index (χ0n) is 9.05. The first-order valence-corrected chi connectivity index (χ1v) is 5.20. The molecule has 0 spiro atoms. The predicted molar refractivity (Wildman–Crippen MR) is 56.9 cm³/mol. The number of imidazole rings is 1. The van der Waals surface area contributed by atoms with Gasteiger partial charge in [0.2, 0.25) is 5.78 Å². The van der Waals surface area contributed by atoms with E-state index in [0.717, 1.165) is 18.8 Å². The van der Waals surface area contributed by atoms with Crippen LogP contribution in [-0.4, -0.2) is 30.5 Å². The third-order valence-electron chi connectivity index (χ3n) is 2.26. The minimum Gasteiger partial charge on any atom is -0.335 e. The molecular formula is C10H13N5O. The number of hydrogen-bond acceptors (Lipinski definition) is 4. The maximum atomic E-state index is 11.7. The van der Waals surface area contributed by atoms with Crippen LogP contribution in [0, 0.1) is 0 Å². The molecule has 2 heterocycles. The van der Waals surface area contributed by atoms with E-state index in [2.05, 4.69) is 27.1 Å². The van der Waals surface area contributed by atoms with E-state index < -0.39 is 0 Å². The smallest absolute Gasteiger partial charge is 0.207 e. The van der Waals surface area contributed by atoms with E-state index in [4.69, 9.17) is 0 Å². The molecule has 0 aromatic carbocycles. The first-order valence-electron chi connectivity index (χ1n) is 5.20. The number of carbonyl (C=O) groups is 1. The van der Waals surface area contributed by atoms with Gasteiger partial charge in [-0.25, -0.2) is 9.97 Å². The predicted octanol–water partition coefficient (Wildman–Crippen LogP) is 0.837. The molecule has 0 unspecified atom stereocenters. The van der Waals surface area contributed by atoms with Gasteiger partial charge in [0.05, 0.1) is 6.42 Å². The lowest BCUT2D eigenvalue weighted by Gasteiger charge is -2.04. The van der Waals surface area contributed by atoms with Gasteiger partial charge in [0, 0.05) is 18.9 Å². The summed E-state index contributed by atoms with van der Waals surface area (Å²) in [4.78, 5) is 19.7. The molecule has 0 saturated carbocycles. The van der Waals surface area contributed by atoms with Crippen molar-refractivity contribution in [1.29, 1.82) is 0 Å². The summed E-state index contributed by atoms with van der Waals surface area (Å²) < 4.78 is 1.98. The number of nitrogens with one attached hydrogen (secondary N) is 1. The Kier molecular flexibility index (Phi) is 3.09. The van der Waals surface area contributed by atoms with E-state index in [1.165, 1.54) is 6.33 Å². The number of rotatable bonds is 5. The first-order chi connectivity index (χ1) is 7.81. The minimum atomic E-state index is -0.0962. The van der Waals surface area contributed by atoms with Gasteiger partial charge in [0.1, 0.15) is 12.2 Å². The van der Waals surface area contributed by atoms with Crippen LogP contribution in [0.4, 0.5) is 0 Å². The van der Waals surface area contributed by atoms with Crippen LogP contribution in [0.5, 0.6) is 0 Å². The summed E-state index contributed by atoms with van der Waals surface area (Å²) in [7, 11) is 0. The van der Waals surface area contributed by atoms with Gasteiger partial charge >= 0.3 is 0 Å². The number of aryl methyl sites for hydroxylation is 1. The van der Waals surface area contributed by atoms with Gasteiger partial charge < -0.3 is 4.57 Å². The van der Waals surface area contributed by atoms with Gasteiger partial charge in [-0.2, -0.15) is 5.10 Å². The zero-order chi connectivity index (χ0) is 11.4. The van der Waals surface area contributed by atoms with Gasteiger partial charge in [0.15, 0.2) is 5.82 Å². The van der Waals surface area contributed by atoms with Crippen molar-refractivity contribution < 1.29 is 4.79 Å². The Morgan fingerprint density at radius 1 is 1.50 bits per heavy atom. The molecule has 0 amide bonds. The van der Waals surface area contributed by atoms with E-state index in [1.807, 2.05) is 10.8 Å². The summed E-state index contributed by atoms with van der Waals surface area (Å²) >= 11 is 0. The third-order valence-corrected chi connectivity index (χ3v) is 2.26. The van der Waals surface area contributed by atoms with Gasteiger partial charge in [-0.05, 0) is 6.42 Å². The summed E-state index contributed by atoms with van der Waals surface area (Å²) in [5, 5.41) is 6.20. The van der Waals surface area contributed by atoms with Crippen LogP contribution in [0.15, 0.2) is 18.7 Å². The second kappa shape index (κ2) is 4.69. The Hall–Kier alpha value is -1.98. The van der Waals surface area contributed by atoms with Crippen molar-refractivity contribution in [3.63, 3.8) is 0 Å². The molecule has 0 bridgehead atoms. The number of Topliss-reactive ketones (excluding diaryl/α,β-unsaturated/α-hetero) is 1. The fraction of sp³-hybridized carbons (Fsp3) is 0.400. The zero-order valence-corrected chi connectivity index (χ0v) is 9.05. The Bertz CT molecular complexity index is 459. The van der Waals surface area contributed by atoms with E-state index in [0.29, 0.717) is 0 Å². The van der Waals surface area contributed by atoms with Gasteiger partial charge in [-0.15, -0.1) is 0 Å². The first kappa shape index (κ1) is 10.5. The van der Waals surface area contributed by atoms with Crippen LogP contribution in [0.1, 0.15) is 29.8 Å². The second-order valence-corrected chi connectivity index (χ2v) is 3.47. The lowest BCUT2D eigenvalue weighted by atomic mass is 10.2. The highest BCUT2D eigenvalue weighted by Crippen LogP contribution is 2.03. The molecule has 2 rings (SSSR count). The van der Waals surface area contributed by atoms with Crippen molar-refractivity contribution in [3.8, 4) is 0 Å². The standard InChI is InChI=1S/C10H13N5O/c1-2-4-15-5-3-11-9(15)6-8(16)10-12-7-13-14-10/h3,5,7H,2,4,6H2,1H3,(H,12,13,14). The number of carbonyl (C=O) groups excluding carboxylic acids is 1. The molecule has 2 aromatic heterocycles. The van der Waals surface area contributed by atoms with Crippen molar-refractivity contribution in [2.45, 2.75) is 26.3 Å². The van der Waals surface area contributed by atoms with E-state index in [9.17, 15) is 4.79 Å². The molecule has 6 heteroatoms. The molecule has 6 nitrogen and oxygen atoms in total. The molecule has 2 aromatic rings. The summed E-state index contributed by atoms with van der Waals surface area (Å²) in [5.41, 5.74) is 0. The van der Waals surface area contributed by atoms with Gasteiger partial charge in [-0.3, -0.25) is 9.89 Å². The van der Waals surface area contributed by atoms with Crippen molar-refractivity contribution >= 4 is 5.78 Å². The fourth-order valence-electron chi connectivity index (χ4n) is 1.52. The lowest BCUT2D eigenvalue weighted by molar-refractivity contribution is 0.0980. The number of hydrogen-bond donors (Lipinski definition) is 1. The van der Waals surface area contributed by atoms with Crippen molar-refractivity contribution in [3.05, 3.63) is 30.4 Å². The van der Waals surface area contributed by atoms with E-state index >= 15 is 0 Å². The quantitative estimate of drug-likeness (QED) is 0.756. The van der Waals surface area contributed by atoms with Crippen LogP contribution < -0.4 is 0 Å². The third kappa shape index (κ3) is 2.16. The van der Waals surface area contributed by atoms with Crippen molar-refractivity contribution in [2.24, 2.45) is 0 Å². The largest absolute Gasteiger partial charge is 0.335 e. The summed E-state index contributed by atoms with van der Waals surface area (Å²) in [6, 6.07) is 0. The number of nitrogens with zero attached hydrogens (tertiary/aromatic N) is 4. The van der Waals surface area contributed by atoms with Gasteiger partial charge in [0.25, 0.3) is 0 Å². The molecule has 0 aliphatic heterocycles. The molecule has 0 radical (unpaired) electrons. The SMILES string of the molecule is CCCn1ccnc1CC(=O)c1ncn[nH]1. The van der Waals surface area contributed by atoms with Crippen LogP contribution in [0.2, 0.25) is 0 Å². The minimum absolute atomic E-state index is 0.0962. The fourth-order valence-corrected chi connectivity index (χ4v) is 1.52. The summed E-state index contributed by atoms with van der Waals surface area (Å²) in [5.74, 6) is 0.954.